The van der Waals surface area contributed by atoms with Crippen LogP contribution in [0.15, 0.2) is 12.3 Å². The molecule has 3 heteroatoms. The maximum atomic E-state index is 4.42. The third kappa shape index (κ3) is 4.79. The summed E-state index contributed by atoms with van der Waals surface area (Å²) in [6.45, 7) is 2.25. The maximum absolute atomic E-state index is 4.42. The van der Waals surface area contributed by atoms with Crippen LogP contribution in [0.4, 0.5) is 0 Å². The van der Waals surface area contributed by atoms with E-state index in [4.69, 9.17) is 0 Å². The fourth-order valence-electron chi connectivity index (χ4n) is 1.99. The first-order valence-electron chi connectivity index (χ1n) is 6.42. The van der Waals surface area contributed by atoms with Gasteiger partial charge in [-0.25, -0.2) is 0 Å². The number of nitrogens with zero attached hydrogens (tertiary/aromatic N) is 2. The molecule has 0 aliphatic rings. The van der Waals surface area contributed by atoms with E-state index in [1.165, 1.54) is 37.8 Å². The third-order valence-corrected chi connectivity index (χ3v) is 3.04. The van der Waals surface area contributed by atoms with Crippen LogP contribution in [0.1, 0.15) is 44.7 Å². The summed E-state index contributed by atoms with van der Waals surface area (Å²) in [4.78, 5) is 0. The summed E-state index contributed by atoms with van der Waals surface area (Å²) in [7, 11) is 4.02. The van der Waals surface area contributed by atoms with E-state index in [9.17, 15) is 0 Å². The van der Waals surface area contributed by atoms with Crippen molar-refractivity contribution in [2.75, 3.05) is 7.05 Å². The molecule has 3 nitrogen and oxygen atoms in total. The van der Waals surface area contributed by atoms with E-state index in [0.717, 1.165) is 6.42 Å². The van der Waals surface area contributed by atoms with Crippen LogP contribution in [-0.4, -0.2) is 22.9 Å². The van der Waals surface area contributed by atoms with E-state index in [2.05, 4.69) is 23.4 Å². The second-order valence-corrected chi connectivity index (χ2v) is 4.52. The standard InChI is InChI=1S/C13H25N3/c1-4-5-6-7-8-12(14-2)11-13-9-10-16(3)15-13/h9-10,12,14H,4-8,11H2,1-3H3. The van der Waals surface area contributed by atoms with Gasteiger partial charge in [-0.2, -0.15) is 5.10 Å². The van der Waals surface area contributed by atoms with Gasteiger partial charge in [-0.3, -0.25) is 4.68 Å². The molecular formula is C13H25N3. The molecule has 0 aliphatic heterocycles. The predicted molar refractivity (Wildman–Crippen MR) is 68.5 cm³/mol. The zero-order valence-electron chi connectivity index (χ0n) is 10.9. The Morgan fingerprint density at radius 2 is 2.19 bits per heavy atom. The molecule has 1 atom stereocenters. The first-order valence-corrected chi connectivity index (χ1v) is 6.42. The Balaban J connectivity index is 2.26. The summed E-state index contributed by atoms with van der Waals surface area (Å²) in [6, 6.07) is 2.68. The third-order valence-electron chi connectivity index (χ3n) is 3.04. The van der Waals surface area contributed by atoms with Crippen molar-refractivity contribution in [2.45, 2.75) is 51.5 Å². The summed E-state index contributed by atoms with van der Waals surface area (Å²) >= 11 is 0. The molecule has 0 bridgehead atoms. The lowest BCUT2D eigenvalue weighted by Crippen LogP contribution is -2.27. The molecule has 1 N–H and O–H groups in total. The van der Waals surface area contributed by atoms with Crippen molar-refractivity contribution >= 4 is 0 Å². The van der Waals surface area contributed by atoms with Crippen LogP contribution >= 0.6 is 0 Å². The summed E-state index contributed by atoms with van der Waals surface area (Å²) in [5, 5.41) is 7.81. The van der Waals surface area contributed by atoms with Crippen LogP contribution in [-0.2, 0) is 13.5 Å². The molecule has 0 spiro atoms. The van der Waals surface area contributed by atoms with Crippen molar-refractivity contribution < 1.29 is 0 Å². The van der Waals surface area contributed by atoms with Crippen molar-refractivity contribution in [1.82, 2.24) is 15.1 Å². The van der Waals surface area contributed by atoms with Crippen LogP contribution < -0.4 is 5.32 Å². The first-order chi connectivity index (χ1) is 7.76. The Labute approximate surface area is 99.2 Å². The summed E-state index contributed by atoms with van der Waals surface area (Å²) < 4.78 is 1.87. The Hall–Kier alpha value is -0.830. The van der Waals surface area contributed by atoms with Crippen LogP contribution in [0, 0.1) is 0 Å². The quantitative estimate of drug-likeness (QED) is 0.686. The lowest BCUT2D eigenvalue weighted by atomic mass is 10.0. The van der Waals surface area contributed by atoms with Gasteiger partial charge in [0, 0.05) is 25.7 Å². The Bertz CT molecular complexity index is 280. The molecule has 1 aromatic rings. The number of nitrogens with one attached hydrogen (secondary N) is 1. The van der Waals surface area contributed by atoms with Gasteiger partial charge in [0.25, 0.3) is 0 Å². The predicted octanol–water partition coefficient (Wildman–Crippen LogP) is 2.52. The topological polar surface area (TPSA) is 29.9 Å². The zero-order chi connectivity index (χ0) is 11.8. The molecule has 0 saturated carbocycles. The highest BCUT2D eigenvalue weighted by Gasteiger charge is 2.08. The highest BCUT2D eigenvalue weighted by atomic mass is 15.2. The zero-order valence-corrected chi connectivity index (χ0v) is 10.9. The van der Waals surface area contributed by atoms with Gasteiger partial charge in [-0.15, -0.1) is 0 Å². The normalized spacial score (nSPS) is 12.9. The van der Waals surface area contributed by atoms with Crippen molar-refractivity contribution in [3.63, 3.8) is 0 Å². The van der Waals surface area contributed by atoms with Gasteiger partial charge in [0.1, 0.15) is 0 Å². The van der Waals surface area contributed by atoms with E-state index in [1.54, 1.807) is 0 Å². The summed E-state index contributed by atoms with van der Waals surface area (Å²) in [5.74, 6) is 0. The minimum Gasteiger partial charge on any atom is -0.317 e. The molecule has 16 heavy (non-hydrogen) atoms. The average molecular weight is 223 g/mol. The van der Waals surface area contributed by atoms with Crippen LogP contribution in [0.2, 0.25) is 0 Å². The lowest BCUT2D eigenvalue weighted by molar-refractivity contribution is 0.479. The van der Waals surface area contributed by atoms with Crippen LogP contribution in [0.5, 0.6) is 0 Å². The molecule has 0 radical (unpaired) electrons. The highest BCUT2D eigenvalue weighted by molar-refractivity contribution is 5.01. The summed E-state index contributed by atoms with van der Waals surface area (Å²) in [5.41, 5.74) is 1.19. The van der Waals surface area contributed by atoms with Gasteiger partial charge < -0.3 is 5.32 Å². The van der Waals surface area contributed by atoms with E-state index in [1.807, 2.05) is 25.0 Å². The number of aryl methyl sites for hydroxylation is 1. The summed E-state index contributed by atoms with van der Waals surface area (Å²) in [6.07, 6.45) is 9.67. The van der Waals surface area contributed by atoms with Gasteiger partial charge in [0.2, 0.25) is 0 Å². The smallest absolute Gasteiger partial charge is 0.0639 e. The molecule has 0 aliphatic carbocycles. The molecule has 0 aromatic carbocycles. The molecule has 1 heterocycles. The minimum absolute atomic E-state index is 0.576. The largest absolute Gasteiger partial charge is 0.317 e. The van der Waals surface area contributed by atoms with Gasteiger partial charge in [0.05, 0.1) is 5.69 Å². The van der Waals surface area contributed by atoms with Gasteiger partial charge in [0.15, 0.2) is 0 Å². The van der Waals surface area contributed by atoms with Crippen molar-refractivity contribution in [3.05, 3.63) is 18.0 Å². The van der Waals surface area contributed by atoms with E-state index < -0.39 is 0 Å². The Morgan fingerprint density at radius 3 is 2.75 bits per heavy atom. The van der Waals surface area contributed by atoms with Crippen LogP contribution in [0.3, 0.4) is 0 Å². The molecule has 0 fully saturated rings. The maximum Gasteiger partial charge on any atom is 0.0639 e. The minimum atomic E-state index is 0.576. The second-order valence-electron chi connectivity index (χ2n) is 4.52. The second kappa shape index (κ2) is 7.44. The van der Waals surface area contributed by atoms with E-state index in [0.29, 0.717) is 6.04 Å². The highest BCUT2D eigenvalue weighted by Crippen LogP contribution is 2.09. The number of aromatic nitrogens is 2. The first kappa shape index (κ1) is 13.2. The van der Waals surface area contributed by atoms with Gasteiger partial charge in [-0.1, -0.05) is 32.6 Å². The molecule has 1 rings (SSSR count). The molecular weight excluding hydrogens is 198 g/mol. The fraction of sp³-hybridized carbons (Fsp3) is 0.769. The van der Waals surface area contributed by atoms with Crippen molar-refractivity contribution in [3.8, 4) is 0 Å². The Morgan fingerprint density at radius 1 is 1.38 bits per heavy atom. The molecule has 0 saturated heterocycles. The lowest BCUT2D eigenvalue weighted by Gasteiger charge is -2.14. The molecule has 0 amide bonds. The molecule has 92 valence electrons. The van der Waals surface area contributed by atoms with E-state index in [-0.39, 0.29) is 0 Å². The number of hydrogen-bond acceptors (Lipinski definition) is 2. The molecule has 1 aromatic heterocycles. The number of likely N-dealkylation sites (N-methyl/N-ethyl adjacent to an activating group) is 1. The van der Waals surface area contributed by atoms with Gasteiger partial charge in [-0.05, 0) is 19.5 Å². The Kier molecular flexibility index (Phi) is 6.16. The SMILES string of the molecule is CCCCCCC(Cc1ccn(C)n1)NC. The fourth-order valence-corrected chi connectivity index (χ4v) is 1.99. The van der Waals surface area contributed by atoms with Gasteiger partial charge >= 0.3 is 0 Å². The monoisotopic (exact) mass is 223 g/mol. The van der Waals surface area contributed by atoms with Crippen LogP contribution in [0.25, 0.3) is 0 Å². The average Bonchev–Trinajstić information content (AvgIpc) is 2.68. The number of unbranched alkanes of at least 4 members (excludes halogenated alkanes) is 3. The number of rotatable bonds is 8. The van der Waals surface area contributed by atoms with Crippen molar-refractivity contribution in [2.24, 2.45) is 7.05 Å². The van der Waals surface area contributed by atoms with Crippen molar-refractivity contribution in [1.29, 1.82) is 0 Å². The molecule has 1 unspecified atom stereocenters. The van der Waals surface area contributed by atoms with E-state index >= 15 is 0 Å². The number of hydrogen-bond donors (Lipinski definition) is 1.